The lowest BCUT2D eigenvalue weighted by Crippen LogP contribution is -2.45. The van der Waals surface area contributed by atoms with Crippen molar-refractivity contribution in [3.05, 3.63) is 0 Å². The number of carbonyl (C=O) groups is 1. The van der Waals surface area contributed by atoms with Crippen LogP contribution in [0.25, 0.3) is 0 Å². The SMILES string of the molecule is CCC1(CC)CCN(C(=O)N2CCCCC2)C1. The molecule has 2 fully saturated rings. The van der Waals surface area contributed by atoms with Crippen LogP contribution in [0.1, 0.15) is 52.4 Å². The molecule has 98 valence electrons. The molecule has 2 aliphatic heterocycles. The van der Waals surface area contributed by atoms with Crippen molar-refractivity contribution in [2.24, 2.45) is 5.41 Å². The molecule has 2 amide bonds. The zero-order valence-electron chi connectivity index (χ0n) is 11.4. The van der Waals surface area contributed by atoms with Crippen LogP contribution in [0.5, 0.6) is 0 Å². The predicted octanol–water partition coefficient (Wildman–Crippen LogP) is 3.10. The Bertz CT molecular complexity index is 267. The van der Waals surface area contributed by atoms with E-state index in [0.29, 0.717) is 11.4 Å². The first-order valence-corrected chi connectivity index (χ1v) is 7.24. The van der Waals surface area contributed by atoms with E-state index in [1.807, 2.05) is 0 Å². The number of likely N-dealkylation sites (tertiary alicyclic amines) is 2. The van der Waals surface area contributed by atoms with Gasteiger partial charge in [-0.15, -0.1) is 0 Å². The molecular formula is C14H26N2O. The number of amides is 2. The van der Waals surface area contributed by atoms with Crippen LogP contribution in [0.4, 0.5) is 4.79 Å². The maximum absolute atomic E-state index is 12.4. The van der Waals surface area contributed by atoms with Gasteiger partial charge in [0.05, 0.1) is 0 Å². The highest BCUT2D eigenvalue weighted by atomic mass is 16.2. The van der Waals surface area contributed by atoms with Gasteiger partial charge in [-0.25, -0.2) is 4.79 Å². The van der Waals surface area contributed by atoms with Gasteiger partial charge in [-0.2, -0.15) is 0 Å². The topological polar surface area (TPSA) is 23.6 Å². The van der Waals surface area contributed by atoms with E-state index < -0.39 is 0 Å². The summed E-state index contributed by atoms with van der Waals surface area (Å²) in [7, 11) is 0. The number of nitrogens with zero attached hydrogens (tertiary/aromatic N) is 2. The molecule has 0 aromatic heterocycles. The Balaban J connectivity index is 1.93. The summed E-state index contributed by atoms with van der Waals surface area (Å²) >= 11 is 0. The summed E-state index contributed by atoms with van der Waals surface area (Å²) in [5.41, 5.74) is 0.408. The summed E-state index contributed by atoms with van der Waals surface area (Å²) in [6.07, 6.45) is 7.26. The van der Waals surface area contributed by atoms with Crippen molar-refractivity contribution in [1.82, 2.24) is 9.80 Å². The summed E-state index contributed by atoms with van der Waals surface area (Å²) in [6, 6.07) is 0.300. The van der Waals surface area contributed by atoms with Gasteiger partial charge >= 0.3 is 6.03 Å². The molecule has 0 N–H and O–H groups in total. The molecule has 0 unspecified atom stereocenters. The lowest BCUT2D eigenvalue weighted by molar-refractivity contribution is 0.145. The van der Waals surface area contributed by atoms with Crippen LogP contribution in [0.15, 0.2) is 0 Å². The summed E-state index contributed by atoms with van der Waals surface area (Å²) in [5.74, 6) is 0. The van der Waals surface area contributed by atoms with Gasteiger partial charge in [0.1, 0.15) is 0 Å². The minimum absolute atomic E-state index is 0.300. The van der Waals surface area contributed by atoms with Crippen molar-refractivity contribution in [2.75, 3.05) is 26.2 Å². The van der Waals surface area contributed by atoms with Gasteiger partial charge in [0.2, 0.25) is 0 Å². The Hall–Kier alpha value is -0.730. The first kappa shape index (κ1) is 12.7. The third-order valence-electron chi connectivity index (χ3n) is 4.84. The fraction of sp³-hybridized carbons (Fsp3) is 0.929. The monoisotopic (exact) mass is 238 g/mol. The second-order valence-electron chi connectivity index (χ2n) is 5.71. The molecular weight excluding hydrogens is 212 g/mol. The highest BCUT2D eigenvalue weighted by Gasteiger charge is 2.38. The molecule has 0 atom stereocenters. The Labute approximate surface area is 105 Å². The molecule has 0 bridgehead atoms. The fourth-order valence-corrected chi connectivity index (χ4v) is 3.21. The molecule has 3 heteroatoms. The summed E-state index contributed by atoms with van der Waals surface area (Å²) in [4.78, 5) is 16.5. The molecule has 2 rings (SSSR count). The molecule has 0 aromatic rings. The third-order valence-corrected chi connectivity index (χ3v) is 4.84. The zero-order chi connectivity index (χ0) is 12.3. The van der Waals surface area contributed by atoms with Crippen LogP contribution in [-0.2, 0) is 0 Å². The molecule has 2 heterocycles. The van der Waals surface area contributed by atoms with Crippen molar-refractivity contribution in [3.63, 3.8) is 0 Å². The molecule has 0 spiro atoms. The van der Waals surface area contributed by atoms with Crippen LogP contribution in [0.2, 0.25) is 0 Å². The van der Waals surface area contributed by atoms with Crippen molar-refractivity contribution in [3.8, 4) is 0 Å². The Morgan fingerprint density at radius 1 is 1.00 bits per heavy atom. The van der Waals surface area contributed by atoms with Crippen molar-refractivity contribution < 1.29 is 4.79 Å². The van der Waals surface area contributed by atoms with E-state index in [0.717, 1.165) is 26.2 Å². The van der Waals surface area contributed by atoms with E-state index in [9.17, 15) is 4.79 Å². The highest BCUT2D eigenvalue weighted by Crippen LogP contribution is 2.37. The van der Waals surface area contributed by atoms with Gasteiger partial charge in [-0.05, 0) is 43.9 Å². The van der Waals surface area contributed by atoms with Crippen molar-refractivity contribution in [1.29, 1.82) is 0 Å². The van der Waals surface area contributed by atoms with Gasteiger partial charge in [0.25, 0.3) is 0 Å². The molecule has 0 aliphatic carbocycles. The number of hydrogen-bond acceptors (Lipinski definition) is 1. The number of rotatable bonds is 2. The van der Waals surface area contributed by atoms with Crippen LogP contribution in [0, 0.1) is 5.41 Å². The molecule has 0 radical (unpaired) electrons. The predicted molar refractivity (Wildman–Crippen MR) is 70.0 cm³/mol. The summed E-state index contributed by atoms with van der Waals surface area (Å²) < 4.78 is 0. The lowest BCUT2D eigenvalue weighted by atomic mass is 9.82. The molecule has 0 saturated carbocycles. The second kappa shape index (κ2) is 5.28. The van der Waals surface area contributed by atoms with Crippen LogP contribution in [0.3, 0.4) is 0 Å². The minimum atomic E-state index is 0.300. The minimum Gasteiger partial charge on any atom is -0.325 e. The van der Waals surface area contributed by atoms with Crippen LogP contribution >= 0.6 is 0 Å². The van der Waals surface area contributed by atoms with E-state index in [1.54, 1.807) is 0 Å². The normalized spacial score (nSPS) is 24.1. The van der Waals surface area contributed by atoms with Crippen LogP contribution in [-0.4, -0.2) is 42.0 Å². The average molecular weight is 238 g/mol. The number of piperidine rings is 1. The quantitative estimate of drug-likeness (QED) is 0.725. The Morgan fingerprint density at radius 3 is 2.18 bits per heavy atom. The molecule has 0 aromatic carbocycles. The smallest absolute Gasteiger partial charge is 0.320 e. The summed E-state index contributed by atoms with van der Waals surface area (Å²) in [6.45, 7) is 8.42. The maximum Gasteiger partial charge on any atom is 0.320 e. The summed E-state index contributed by atoms with van der Waals surface area (Å²) in [5, 5.41) is 0. The lowest BCUT2D eigenvalue weighted by Gasteiger charge is -2.32. The van der Waals surface area contributed by atoms with Crippen molar-refractivity contribution in [2.45, 2.75) is 52.4 Å². The van der Waals surface area contributed by atoms with Crippen LogP contribution < -0.4 is 0 Å². The van der Waals surface area contributed by atoms with E-state index in [1.165, 1.54) is 38.5 Å². The first-order valence-electron chi connectivity index (χ1n) is 7.24. The van der Waals surface area contributed by atoms with E-state index >= 15 is 0 Å². The van der Waals surface area contributed by atoms with Gasteiger partial charge in [-0.1, -0.05) is 13.8 Å². The molecule has 17 heavy (non-hydrogen) atoms. The first-order chi connectivity index (χ1) is 8.21. The van der Waals surface area contributed by atoms with Gasteiger partial charge in [0, 0.05) is 26.2 Å². The standard InChI is InChI=1S/C14H26N2O/c1-3-14(4-2)8-11-16(12-14)13(17)15-9-6-5-7-10-15/h3-12H2,1-2H3. The third kappa shape index (κ3) is 2.58. The number of urea groups is 1. The van der Waals surface area contributed by atoms with Gasteiger partial charge in [-0.3, -0.25) is 0 Å². The number of carbonyl (C=O) groups excluding carboxylic acids is 1. The molecule has 3 nitrogen and oxygen atoms in total. The second-order valence-corrected chi connectivity index (χ2v) is 5.71. The average Bonchev–Trinajstić information content (AvgIpc) is 2.84. The Kier molecular flexibility index (Phi) is 3.95. The Morgan fingerprint density at radius 2 is 1.65 bits per heavy atom. The van der Waals surface area contributed by atoms with E-state index in [4.69, 9.17) is 0 Å². The largest absolute Gasteiger partial charge is 0.325 e. The maximum atomic E-state index is 12.4. The molecule has 2 aliphatic rings. The molecule has 2 saturated heterocycles. The van der Waals surface area contributed by atoms with Gasteiger partial charge < -0.3 is 9.80 Å². The van der Waals surface area contributed by atoms with E-state index in [-0.39, 0.29) is 0 Å². The number of hydrogen-bond donors (Lipinski definition) is 0. The van der Waals surface area contributed by atoms with Crippen molar-refractivity contribution >= 4 is 6.03 Å². The zero-order valence-corrected chi connectivity index (χ0v) is 11.4. The van der Waals surface area contributed by atoms with E-state index in [2.05, 4.69) is 23.6 Å². The van der Waals surface area contributed by atoms with Gasteiger partial charge in [0.15, 0.2) is 0 Å². The fourth-order valence-electron chi connectivity index (χ4n) is 3.21. The highest BCUT2D eigenvalue weighted by molar-refractivity contribution is 5.75.